The van der Waals surface area contributed by atoms with Gasteiger partial charge in [-0.25, -0.2) is 14.3 Å². The second kappa shape index (κ2) is 5.06. The molecule has 2 aromatic heterocycles. The maximum absolute atomic E-state index is 12.6. The van der Waals surface area contributed by atoms with Crippen molar-refractivity contribution in [3.05, 3.63) is 63.3 Å². The summed E-state index contributed by atoms with van der Waals surface area (Å²) in [7, 11) is 1.58. The second-order valence-corrected chi connectivity index (χ2v) is 5.96. The number of methoxy groups -OCH3 is 1. The molecule has 0 amide bonds. The van der Waals surface area contributed by atoms with E-state index in [2.05, 4.69) is 9.97 Å². The lowest BCUT2D eigenvalue weighted by Crippen LogP contribution is -2.33. The van der Waals surface area contributed by atoms with E-state index < -0.39 is 5.69 Å². The Hall–Kier alpha value is -2.93. The summed E-state index contributed by atoms with van der Waals surface area (Å²) in [5, 5.41) is 0.786. The topological polar surface area (TPSA) is 77.0 Å². The van der Waals surface area contributed by atoms with E-state index in [4.69, 9.17) is 4.74 Å². The van der Waals surface area contributed by atoms with E-state index in [0.29, 0.717) is 27.3 Å². The van der Waals surface area contributed by atoms with Crippen LogP contribution in [-0.2, 0) is 0 Å². The van der Waals surface area contributed by atoms with E-state index in [1.54, 1.807) is 43.5 Å². The van der Waals surface area contributed by atoms with Gasteiger partial charge in [0.05, 0.1) is 28.2 Å². The minimum absolute atomic E-state index is 0.338. The van der Waals surface area contributed by atoms with Crippen LogP contribution in [0.1, 0.15) is 0 Å². The summed E-state index contributed by atoms with van der Waals surface area (Å²) in [6.07, 6.45) is 0. The Morgan fingerprint density at radius 3 is 2.83 bits per heavy atom. The number of hydrogen-bond acceptors (Lipinski definition) is 5. The lowest BCUT2D eigenvalue weighted by atomic mass is 10.2. The molecule has 0 fully saturated rings. The van der Waals surface area contributed by atoms with Gasteiger partial charge in [-0.05, 0) is 30.3 Å². The van der Waals surface area contributed by atoms with Gasteiger partial charge in [0, 0.05) is 0 Å². The number of H-pyrrole nitrogens is 1. The first-order chi connectivity index (χ1) is 11.2. The molecule has 6 nitrogen and oxygen atoms in total. The van der Waals surface area contributed by atoms with Gasteiger partial charge in [0.15, 0.2) is 0 Å². The molecule has 4 rings (SSSR count). The summed E-state index contributed by atoms with van der Waals surface area (Å²) in [6.45, 7) is 0. The van der Waals surface area contributed by atoms with Crippen molar-refractivity contribution in [2.24, 2.45) is 0 Å². The van der Waals surface area contributed by atoms with Gasteiger partial charge >= 0.3 is 5.69 Å². The molecule has 114 valence electrons. The van der Waals surface area contributed by atoms with Gasteiger partial charge in [0.1, 0.15) is 5.75 Å². The van der Waals surface area contributed by atoms with Crippen LogP contribution in [0.3, 0.4) is 0 Å². The molecule has 0 unspecified atom stereocenters. The highest BCUT2D eigenvalue weighted by Gasteiger charge is 2.13. The van der Waals surface area contributed by atoms with Gasteiger partial charge in [0.2, 0.25) is 5.13 Å². The molecule has 0 bridgehead atoms. The van der Waals surface area contributed by atoms with Crippen molar-refractivity contribution in [2.75, 3.05) is 7.11 Å². The van der Waals surface area contributed by atoms with Crippen LogP contribution in [0.2, 0.25) is 0 Å². The zero-order valence-corrected chi connectivity index (χ0v) is 12.9. The molecule has 0 aliphatic rings. The highest BCUT2D eigenvalue weighted by atomic mass is 32.1. The summed E-state index contributed by atoms with van der Waals surface area (Å²) in [6, 6.07) is 12.3. The fourth-order valence-electron chi connectivity index (χ4n) is 2.45. The average molecular weight is 325 g/mol. The largest absolute Gasteiger partial charge is 0.497 e. The van der Waals surface area contributed by atoms with Crippen LogP contribution in [0.25, 0.3) is 26.3 Å². The van der Waals surface area contributed by atoms with E-state index >= 15 is 0 Å². The number of ether oxygens (including phenoxy) is 1. The van der Waals surface area contributed by atoms with Crippen molar-refractivity contribution in [3.63, 3.8) is 0 Å². The lowest BCUT2D eigenvalue weighted by Gasteiger charge is -2.02. The van der Waals surface area contributed by atoms with Gasteiger partial charge in [-0.1, -0.05) is 23.5 Å². The fourth-order valence-corrected chi connectivity index (χ4v) is 3.44. The third-order valence-corrected chi connectivity index (χ3v) is 4.58. The molecular formula is C16H11N3O3S. The number of aromatic amines is 1. The van der Waals surface area contributed by atoms with Gasteiger partial charge in [-0.2, -0.15) is 0 Å². The van der Waals surface area contributed by atoms with Gasteiger partial charge in [-0.3, -0.25) is 4.79 Å². The van der Waals surface area contributed by atoms with E-state index in [0.717, 1.165) is 9.27 Å². The van der Waals surface area contributed by atoms with Gasteiger partial charge < -0.3 is 9.72 Å². The Morgan fingerprint density at radius 2 is 2.00 bits per heavy atom. The summed E-state index contributed by atoms with van der Waals surface area (Å²) in [4.78, 5) is 32.0. The number of rotatable bonds is 2. The lowest BCUT2D eigenvalue weighted by molar-refractivity contribution is 0.415. The molecule has 0 atom stereocenters. The predicted octanol–water partition coefficient (Wildman–Crippen LogP) is 2.30. The van der Waals surface area contributed by atoms with Crippen LogP contribution in [0, 0.1) is 0 Å². The van der Waals surface area contributed by atoms with Crippen LogP contribution in [0.5, 0.6) is 5.75 Å². The number of thiazole rings is 1. The second-order valence-electron chi connectivity index (χ2n) is 4.95. The van der Waals surface area contributed by atoms with Crippen LogP contribution >= 0.6 is 11.3 Å². The molecule has 0 radical (unpaired) electrons. The molecule has 23 heavy (non-hydrogen) atoms. The average Bonchev–Trinajstić information content (AvgIpc) is 2.97. The summed E-state index contributed by atoms with van der Waals surface area (Å²) in [5.41, 5.74) is 0.349. The Kier molecular flexibility index (Phi) is 3.02. The Balaban J connectivity index is 2.02. The third kappa shape index (κ3) is 2.13. The summed E-state index contributed by atoms with van der Waals surface area (Å²) >= 11 is 1.27. The number of para-hydroxylation sites is 1. The number of benzene rings is 2. The summed E-state index contributed by atoms with van der Waals surface area (Å²) in [5.74, 6) is 0.701. The molecule has 0 aliphatic heterocycles. The molecular weight excluding hydrogens is 314 g/mol. The first-order valence-corrected chi connectivity index (χ1v) is 7.68. The van der Waals surface area contributed by atoms with Crippen molar-refractivity contribution in [1.29, 1.82) is 0 Å². The third-order valence-electron chi connectivity index (χ3n) is 3.58. The van der Waals surface area contributed by atoms with Crippen LogP contribution in [-0.4, -0.2) is 21.6 Å². The van der Waals surface area contributed by atoms with Crippen LogP contribution in [0.15, 0.2) is 52.1 Å². The monoisotopic (exact) mass is 325 g/mol. The normalized spacial score (nSPS) is 11.2. The Labute approximate surface area is 133 Å². The SMILES string of the molecule is COc1ccc2nc(-n3c(=O)[nH]c4ccccc4c3=O)sc2c1. The molecule has 0 saturated heterocycles. The fraction of sp³-hybridized carbons (Fsp3) is 0.0625. The number of nitrogens with one attached hydrogen (secondary N) is 1. The van der Waals surface area contributed by atoms with Crippen molar-refractivity contribution < 1.29 is 4.74 Å². The van der Waals surface area contributed by atoms with Gasteiger partial charge in [-0.15, -0.1) is 0 Å². The van der Waals surface area contributed by atoms with Crippen molar-refractivity contribution in [2.45, 2.75) is 0 Å². The molecule has 0 spiro atoms. The molecule has 0 aliphatic carbocycles. The zero-order valence-electron chi connectivity index (χ0n) is 12.1. The molecule has 2 aromatic carbocycles. The van der Waals surface area contributed by atoms with E-state index in [-0.39, 0.29) is 5.56 Å². The predicted molar refractivity (Wildman–Crippen MR) is 89.9 cm³/mol. The minimum atomic E-state index is -0.500. The Bertz CT molecular complexity index is 1160. The van der Waals surface area contributed by atoms with Crippen molar-refractivity contribution in [1.82, 2.24) is 14.5 Å². The number of fused-ring (bicyclic) bond motifs is 2. The quantitative estimate of drug-likeness (QED) is 0.613. The first-order valence-electron chi connectivity index (χ1n) is 6.86. The highest BCUT2D eigenvalue weighted by Crippen LogP contribution is 2.27. The standard InChI is InChI=1S/C16H11N3O3S/c1-22-9-6-7-12-13(8-9)23-16(18-12)19-14(20)10-4-2-3-5-11(10)17-15(19)21/h2-8H,1H3,(H,17,21). The van der Waals surface area contributed by atoms with E-state index in [1.807, 2.05) is 6.07 Å². The smallest absolute Gasteiger partial charge is 0.335 e. The van der Waals surface area contributed by atoms with Gasteiger partial charge in [0.25, 0.3) is 5.56 Å². The summed E-state index contributed by atoms with van der Waals surface area (Å²) < 4.78 is 7.10. The Morgan fingerprint density at radius 1 is 1.17 bits per heavy atom. The number of nitrogens with zero attached hydrogens (tertiary/aromatic N) is 2. The van der Waals surface area contributed by atoms with Crippen LogP contribution < -0.4 is 16.0 Å². The first kappa shape index (κ1) is 13.7. The molecule has 2 heterocycles. The van der Waals surface area contributed by atoms with E-state index in [9.17, 15) is 9.59 Å². The maximum atomic E-state index is 12.6. The van der Waals surface area contributed by atoms with Crippen LogP contribution in [0.4, 0.5) is 0 Å². The molecule has 7 heteroatoms. The number of aromatic nitrogens is 3. The van der Waals surface area contributed by atoms with E-state index in [1.165, 1.54) is 11.3 Å². The molecule has 0 saturated carbocycles. The van der Waals surface area contributed by atoms with Crippen molar-refractivity contribution in [3.8, 4) is 10.9 Å². The molecule has 1 N–H and O–H groups in total. The zero-order chi connectivity index (χ0) is 16.0. The molecule has 4 aromatic rings. The minimum Gasteiger partial charge on any atom is -0.497 e. The highest BCUT2D eigenvalue weighted by molar-refractivity contribution is 7.20. The number of hydrogen-bond donors (Lipinski definition) is 1. The van der Waals surface area contributed by atoms with Crippen molar-refractivity contribution >= 4 is 32.5 Å². The maximum Gasteiger partial charge on any atom is 0.335 e.